The van der Waals surface area contributed by atoms with Crippen molar-refractivity contribution in [2.45, 2.75) is 6.54 Å². The molecule has 3 aromatic heterocycles. The van der Waals surface area contributed by atoms with Gasteiger partial charge >= 0.3 is 5.88 Å². The fourth-order valence-electron chi connectivity index (χ4n) is 2.59. The molecule has 130 valence electrons. The van der Waals surface area contributed by atoms with Crippen LogP contribution in [0.4, 0.5) is 11.7 Å². The molecule has 9 heteroatoms. The lowest BCUT2D eigenvalue weighted by Gasteiger charge is -2.08. The maximum Gasteiger partial charge on any atom is 0.433 e. The van der Waals surface area contributed by atoms with Crippen LogP contribution < -0.4 is 5.32 Å². The number of aryl methyl sites for hydroxylation is 1. The number of nitro groups is 1. The Morgan fingerprint density at radius 1 is 1.19 bits per heavy atom. The van der Waals surface area contributed by atoms with Gasteiger partial charge in [0.2, 0.25) is 0 Å². The van der Waals surface area contributed by atoms with Gasteiger partial charge in [-0.1, -0.05) is 30.3 Å². The average molecular weight is 350 g/mol. The lowest BCUT2D eigenvalue weighted by atomic mass is 10.2. The highest BCUT2D eigenvalue weighted by atomic mass is 16.6. The van der Waals surface area contributed by atoms with Crippen molar-refractivity contribution in [1.82, 2.24) is 19.7 Å². The van der Waals surface area contributed by atoms with Gasteiger partial charge in [0.25, 0.3) is 0 Å². The smallest absolute Gasteiger partial charge is 0.397 e. The SMILES string of the molecule is Cn1ncc2c(NCc3ccccc3)nc(-c3ccc([N+](=O)[O-])o3)nc21. The van der Waals surface area contributed by atoms with Crippen molar-refractivity contribution in [3.8, 4) is 11.6 Å². The second kappa shape index (κ2) is 6.28. The van der Waals surface area contributed by atoms with Crippen LogP contribution in [0.5, 0.6) is 0 Å². The second-order valence-electron chi connectivity index (χ2n) is 5.64. The van der Waals surface area contributed by atoms with Crippen LogP contribution in [0, 0.1) is 10.1 Å². The lowest BCUT2D eigenvalue weighted by molar-refractivity contribution is -0.401. The number of hydrogen-bond acceptors (Lipinski definition) is 7. The molecule has 0 radical (unpaired) electrons. The number of benzene rings is 1. The first kappa shape index (κ1) is 15.8. The minimum absolute atomic E-state index is 0.225. The van der Waals surface area contributed by atoms with Gasteiger partial charge in [-0.15, -0.1) is 0 Å². The van der Waals surface area contributed by atoms with Gasteiger partial charge in [-0.05, 0) is 11.6 Å². The van der Waals surface area contributed by atoms with Crippen molar-refractivity contribution in [2.75, 3.05) is 5.32 Å². The zero-order chi connectivity index (χ0) is 18.1. The summed E-state index contributed by atoms with van der Waals surface area (Å²) in [6, 6.07) is 12.7. The monoisotopic (exact) mass is 350 g/mol. The van der Waals surface area contributed by atoms with Gasteiger partial charge in [-0.25, -0.2) is 9.97 Å². The number of fused-ring (bicyclic) bond motifs is 1. The third-order valence-electron chi connectivity index (χ3n) is 3.89. The Morgan fingerprint density at radius 3 is 2.73 bits per heavy atom. The van der Waals surface area contributed by atoms with Gasteiger partial charge in [0.1, 0.15) is 10.7 Å². The second-order valence-corrected chi connectivity index (χ2v) is 5.64. The van der Waals surface area contributed by atoms with Gasteiger partial charge in [-0.2, -0.15) is 5.10 Å². The van der Waals surface area contributed by atoms with E-state index in [1.165, 1.54) is 12.1 Å². The number of rotatable bonds is 5. The Balaban J connectivity index is 1.74. The lowest BCUT2D eigenvalue weighted by Crippen LogP contribution is -2.04. The molecule has 4 aromatic rings. The molecule has 9 nitrogen and oxygen atoms in total. The summed E-state index contributed by atoms with van der Waals surface area (Å²) in [4.78, 5) is 19.2. The molecular formula is C17H14N6O3. The molecule has 0 bridgehead atoms. The molecule has 0 aliphatic carbocycles. The van der Waals surface area contributed by atoms with E-state index in [9.17, 15) is 10.1 Å². The summed E-state index contributed by atoms with van der Waals surface area (Å²) in [5.41, 5.74) is 1.70. The molecule has 0 amide bonds. The molecule has 0 saturated carbocycles. The van der Waals surface area contributed by atoms with E-state index >= 15 is 0 Å². The summed E-state index contributed by atoms with van der Waals surface area (Å²) in [5.74, 6) is 0.709. The van der Waals surface area contributed by atoms with E-state index in [-0.39, 0.29) is 17.5 Å². The number of nitrogens with one attached hydrogen (secondary N) is 1. The van der Waals surface area contributed by atoms with E-state index in [0.29, 0.717) is 18.0 Å². The van der Waals surface area contributed by atoms with Crippen LogP contribution in [0.2, 0.25) is 0 Å². The topological polar surface area (TPSA) is 112 Å². The fraction of sp³-hybridized carbons (Fsp3) is 0.118. The zero-order valence-corrected chi connectivity index (χ0v) is 13.8. The predicted molar refractivity (Wildman–Crippen MR) is 94.4 cm³/mol. The van der Waals surface area contributed by atoms with Crippen LogP contribution in [0.3, 0.4) is 0 Å². The first-order valence-electron chi connectivity index (χ1n) is 7.84. The summed E-state index contributed by atoms with van der Waals surface area (Å²) in [6.45, 7) is 0.569. The van der Waals surface area contributed by atoms with Crippen molar-refractivity contribution < 1.29 is 9.34 Å². The Bertz CT molecular complexity index is 1090. The summed E-state index contributed by atoms with van der Waals surface area (Å²) >= 11 is 0. The molecule has 0 atom stereocenters. The molecule has 0 fully saturated rings. The van der Waals surface area contributed by atoms with E-state index in [1.807, 2.05) is 30.3 Å². The molecule has 0 aliphatic rings. The van der Waals surface area contributed by atoms with Crippen LogP contribution in [0.25, 0.3) is 22.6 Å². The van der Waals surface area contributed by atoms with Crippen LogP contribution in [0.1, 0.15) is 5.56 Å². The highest BCUT2D eigenvalue weighted by Crippen LogP contribution is 2.28. The third-order valence-corrected chi connectivity index (χ3v) is 3.89. The maximum absolute atomic E-state index is 10.8. The zero-order valence-electron chi connectivity index (χ0n) is 13.8. The molecule has 0 aliphatic heterocycles. The number of hydrogen-bond donors (Lipinski definition) is 1. The van der Waals surface area contributed by atoms with E-state index in [2.05, 4.69) is 20.4 Å². The Hall–Kier alpha value is -3.75. The summed E-state index contributed by atoms with van der Waals surface area (Å²) in [6.07, 6.45) is 1.68. The molecule has 0 spiro atoms. The largest absolute Gasteiger partial charge is 0.433 e. The number of nitrogens with zero attached hydrogens (tertiary/aromatic N) is 5. The predicted octanol–water partition coefficient (Wildman–Crippen LogP) is 3.14. The van der Waals surface area contributed by atoms with Crippen LogP contribution >= 0.6 is 0 Å². The Morgan fingerprint density at radius 2 is 2.00 bits per heavy atom. The van der Waals surface area contributed by atoms with Crippen molar-refractivity contribution in [3.63, 3.8) is 0 Å². The maximum atomic E-state index is 10.8. The van der Waals surface area contributed by atoms with Gasteiger partial charge in [0, 0.05) is 13.6 Å². The van der Waals surface area contributed by atoms with E-state index in [1.54, 1.807) is 17.9 Å². The van der Waals surface area contributed by atoms with Gasteiger partial charge < -0.3 is 9.73 Å². The highest BCUT2D eigenvalue weighted by molar-refractivity contribution is 5.87. The van der Waals surface area contributed by atoms with Gasteiger partial charge in [0.05, 0.1) is 17.6 Å². The molecule has 26 heavy (non-hydrogen) atoms. The average Bonchev–Trinajstić information content (AvgIpc) is 3.28. The molecule has 1 aromatic carbocycles. The quantitative estimate of drug-likeness (QED) is 0.434. The number of anilines is 1. The molecule has 1 N–H and O–H groups in total. The molecule has 0 unspecified atom stereocenters. The highest BCUT2D eigenvalue weighted by Gasteiger charge is 2.18. The van der Waals surface area contributed by atoms with Crippen LogP contribution in [-0.2, 0) is 13.6 Å². The van der Waals surface area contributed by atoms with Crippen LogP contribution in [-0.4, -0.2) is 24.7 Å². The fourth-order valence-corrected chi connectivity index (χ4v) is 2.59. The normalized spacial score (nSPS) is 11.0. The van der Waals surface area contributed by atoms with Gasteiger partial charge in [-0.3, -0.25) is 14.8 Å². The Labute approximate surface area is 147 Å². The summed E-state index contributed by atoms with van der Waals surface area (Å²) in [5, 5.41) is 19.1. The summed E-state index contributed by atoms with van der Waals surface area (Å²) < 4.78 is 6.85. The number of furan rings is 1. The third kappa shape index (κ3) is 2.86. The standard InChI is InChI=1S/C17H14N6O3/c1-22-17-12(10-19-22)15(18-9-11-5-3-2-4-6-11)20-16(21-17)13-7-8-14(26-13)23(24)25/h2-8,10H,9H2,1H3,(H,18,20,21). The van der Waals surface area contributed by atoms with Crippen molar-refractivity contribution in [2.24, 2.45) is 7.05 Å². The first-order valence-corrected chi connectivity index (χ1v) is 7.84. The Kier molecular flexibility index (Phi) is 3.81. The minimum Gasteiger partial charge on any atom is -0.397 e. The van der Waals surface area contributed by atoms with Gasteiger partial charge in [0.15, 0.2) is 17.2 Å². The van der Waals surface area contributed by atoms with Crippen LogP contribution in [0.15, 0.2) is 53.1 Å². The first-order chi connectivity index (χ1) is 12.6. The van der Waals surface area contributed by atoms with E-state index in [0.717, 1.165) is 10.9 Å². The summed E-state index contributed by atoms with van der Waals surface area (Å²) in [7, 11) is 1.77. The molecule has 0 saturated heterocycles. The minimum atomic E-state index is -0.597. The molecular weight excluding hydrogens is 336 g/mol. The van der Waals surface area contributed by atoms with E-state index in [4.69, 9.17) is 4.42 Å². The van der Waals surface area contributed by atoms with Crippen molar-refractivity contribution in [1.29, 1.82) is 0 Å². The molecule has 3 heterocycles. The molecule has 4 rings (SSSR count). The van der Waals surface area contributed by atoms with Crippen molar-refractivity contribution >= 4 is 22.7 Å². The number of aromatic nitrogens is 4. The van der Waals surface area contributed by atoms with Crippen molar-refractivity contribution in [3.05, 3.63) is 64.3 Å². The van der Waals surface area contributed by atoms with E-state index < -0.39 is 4.92 Å².